The van der Waals surface area contributed by atoms with Crippen LogP contribution in [0.15, 0.2) is 54.6 Å². The standard InChI is InChI=1S/C18H18ClNO2/c1-2-22-18(21)15-7-11-17(12-8-15)20-13-3-4-14-5-9-16(19)10-6-14/h3-12,20H,2,13H2,1H3/b4-3+. The van der Waals surface area contributed by atoms with Gasteiger partial charge >= 0.3 is 5.97 Å². The lowest BCUT2D eigenvalue weighted by atomic mass is 10.2. The summed E-state index contributed by atoms with van der Waals surface area (Å²) in [5, 5.41) is 3.99. The van der Waals surface area contributed by atoms with Gasteiger partial charge in [0.2, 0.25) is 0 Å². The molecule has 0 atom stereocenters. The summed E-state index contributed by atoms with van der Waals surface area (Å²) in [4.78, 5) is 11.5. The van der Waals surface area contributed by atoms with Crippen LogP contribution in [0.25, 0.3) is 6.08 Å². The molecule has 0 radical (unpaired) electrons. The molecular formula is C18H18ClNO2. The second-order valence-corrected chi connectivity index (χ2v) is 5.07. The summed E-state index contributed by atoms with van der Waals surface area (Å²) in [5.74, 6) is -0.295. The summed E-state index contributed by atoms with van der Waals surface area (Å²) in [6.45, 7) is 2.87. The van der Waals surface area contributed by atoms with Crippen molar-refractivity contribution >= 4 is 29.3 Å². The maximum atomic E-state index is 11.5. The van der Waals surface area contributed by atoms with Crippen molar-refractivity contribution in [2.24, 2.45) is 0 Å². The van der Waals surface area contributed by atoms with Crippen molar-refractivity contribution in [3.05, 3.63) is 70.8 Å². The number of hydrogen-bond donors (Lipinski definition) is 1. The molecule has 1 N–H and O–H groups in total. The van der Waals surface area contributed by atoms with Crippen molar-refractivity contribution in [1.29, 1.82) is 0 Å². The van der Waals surface area contributed by atoms with Crippen molar-refractivity contribution in [3.8, 4) is 0 Å². The largest absolute Gasteiger partial charge is 0.462 e. The highest BCUT2D eigenvalue weighted by atomic mass is 35.5. The molecule has 114 valence electrons. The minimum absolute atomic E-state index is 0.295. The van der Waals surface area contributed by atoms with E-state index < -0.39 is 0 Å². The molecule has 0 saturated carbocycles. The lowest BCUT2D eigenvalue weighted by Crippen LogP contribution is -2.05. The summed E-state index contributed by atoms with van der Waals surface area (Å²) >= 11 is 5.84. The Morgan fingerprint density at radius 3 is 2.45 bits per heavy atom. The summed E-state index contributed by atoms with van der Waals surface area (Å²) in [7, 11) is 0. The Balaban J connectivity index is 1.84. The Morgan fingerprint density at radius 2 is 1.82 bits per heavy atom. The number of carbonyl (C=O) groups is 1. The second-order valence-electron chi connectivity index (χ2n) is 4.63. The summed E-state index contributed by atoms with van der Waals surface area (Å²) in [5.41, 5.74) is 2.61. The number of ether oxygens (including phenoxy) is 1. The van der Waals surface area contributed by atoms with Crippen molar-refractivity contribution in [2.75, 3.05) is 18.5 Å². The van der Waals surface area contributed by atoms with E-state index in [4.69, 9.17) is 16.3 Å². The molecule has 0 amide bonds. The van der Waals surface area contributed by atoms with Gasteiger partial charge in [-0.05, 0) is 48.9 Å². The third-order valence-corrected chi connectivity index (χ3v) is 3.25. The number of halogens is 1. The van der Waals surface area contributed by atoms with Crippen LogP contribution in [-0.2, 0) is 4.74 Å². The third kappa shape index (κ3) is 4.93. The molecule has 0 bridgehead atoms. The average Bonchev–Trinajstić information content (AvgIpc) is 2.54. The van der Waals surface area contributed by atoms with E-state index >= 15 is 0 Å². The number of anilines is 1. The van der Waals surface area contributed by atoms with Gasteiger partial charge < -0.3 is 10.1 Å². The lowest BCUT2D eigenvalue weighted by molar-refractivity contribution is 0.0526. The maximum Gasteiger partial charge on any atom is 0.338 e. The molecule has 0 saturated heterocycles. The number of nitrogens with one attached hydrogen (secondary N) is 1. The van der Waals surface area contributed by atoms with E-state index in [1.165, 1.54) is 0 Å². The van der Waals surface area contributed by atoms with E-state index in [1.807, 2.05) is 48.6 Å². The molecular weight excluding hydrogens is 298 g/mol. The van der Waals surface area contributed by atoms with Gasteiger partial charge in [-0.3, -0.25) is 0 Å². The van der Waals surface area contributed by atoms with Gasteiger partial charge in [-0.25, -0.2) is 4.79 Å². The van der Waals surface area contributed by atoms with E-state index in [9.17, 15) is 4.79 Å². The zero-order valence-electron chi connectivity index (χ0n) is 12.4. The quantitative estimate of drug-likeness (QED) is 0.789. The Kier molecular flexibility index (Phi) is 6.04. The van der Waals surface area contributed by atoms with Crippen molar-refractivity contribution in [3.63, 3.8) is 0 Å². The second kappa shape index (κ2) is 8.25. The molecule has 22 heavy (non-hydrogen) atoms. The molecule has 0 fully saturated rings. The van der Waals surface area contributed by atoms with Gasteiger partial charge in [0, 0.05) is 17.3 Å². The van der Waals surface area contributed by atoms with Crippen molar-refractivity contribution < 1.29 is 9.53 Å². The Hall–Kier alpha value is -2.26. The van der Waals surface area contributed by atoms with E-state index in [2.05, 4.69) is 5.32 Å². The molecule has 0 unspecified atom stereocenters. The Morgan fingerprint density at radius 1 is 1.14 bits per heavy atom. The molecule has 0 spiro atoms. The van der Waals surface area contributed by atoms with Crippen LogP contribution in [0.5, 0.6) is 0 Å². The van der Waals surface area contributed by atoms with Gasteiger partial charge in [0.05, 0.1) is 12.2 Å². The van der Waals surface area contributed by atoms with Crippen LogP contribution in [0, 0.1) is 0 Å². The normalized spacial score (nSPS) is 10.6. The van der Waals surface area contributed by atoms with Crippen molar-refractivity contribution in [1.82, 2.24) is 0 Å². The third-order valence-electron chi connectivity index (χ3n) is 3.00. The predicted molar refractivity (Wildman–Crippen MR) is 91.4 cm³/mol. The average molecular weight is 316 g/mol. The first-order chi connectivity index (χ1) is 10.7. The summed E-state index contributed by atoms with van der Waals surface area (Å²) < 4.78 is 4.94. The molecule has 2 aromatic rings. The molecule has 2 aromatic carbocycles. The van der Waals surface area contributed by atoms with E-state index in [0.717, 1.165) is 16.3 Å². The predicted octanol–water partition coefficient (Wildman–Crippen LogP) is 4.64. The smallest absolute Gasteiger partial charge is 0.338 e. The fraction of sp³-hybridized carbons (Fsp3) is 0.167. The molecule has 4 heteroatoms. The van der Waals surface area contributed by atoms with Crippen LogP contribution in [0.1, 0.15) is 22.8 Å². The zero-order valence-corrected chi connectivity index (χ0v) is 13.1. The van der Waals surface area contributed by atoms with Crippen LogP contribution >= 0.6 is 11.6 Å². The van der Waals surface area contributed by atoms with Crippen LogP contribution in [0.4, 0.5) is 5.69 Å². The first kappa shape index (κ1) is 16.1. The highest BCUT2D eigenvalue weighted by Crippen LogP contribution is 2.12. The first-order valence-corrected chi connectivity index (χ1v) is 7.50. The Bertz CT molecular complexity index is 633. The van der Waals surface area contributed by atoms with Gasteiger partial charge in [-0.15, -0.1) is 0 Å². The monoisotopic (exact) mass is 315 g/mol. The van der Waals surface area contributed by atoms with Crippen LogP contribution < -0.4 is 5.32 Å². The fourth-order valence-electron chi connectivity index (χ4n) is 1.88. The lowest BCUT2D eigenvalue weighted by Gasteiger charge is -2.05. The highest BCUT2D eigenvalue weighted by molar-refractivity contribution is 6.30. The van der Waals surface area contributed by atoms with Crippen molar-refractivity contribution in [2.45, 2.75) is 6.92 Å². The number of rotatable bonds is 6. The van der Waals surface area contributed by atoms with Crippen LogP contribution in [0.2, 0.25) is 5.02 Å². The highest BCUT2D eigenvalue weighted by Gasteiger charge is 2.04. The molecule has 0 aliphatic heterocycles. The summed E-state index contributed by atoms with van der Waals surface area (Å²) in [6, 6.07) is 14.9. The number of benzene rings is 2. The molecule has 0 aliphatic carbocycles. The fourth-order valence-corrected chi connectivity index (χ4v) is 2.01. The maximum absolute atomic E-state index is 11.5. The molecule has 3 nitrogen and oxygen atoms in total. The van der Waals surface area contributed by atoms with Gasteiger partial charge in [-0.1, -0.05) is 35.9 Å². The SMILES string of the molecule is CCOC(=O)c1ccc(NC/C=C/c2ccc(Cl)cc2)cc1. The molecule has 0 aliphatic rings. The first-order valence-electron chi connectivity index (χ1n) is 7.12. The molecule has 0 heterocycles. The van der Waals surface area contributed by atoms with E-state index in [-0.39, 0.29) is 5.97 Å². The minimum Gasteiger partial charge on any atom is -0.462 e. The number of hydrogen-bond acceptors (Lipinski definition) is 3. The number of carbonyl (C=O) groups excluding carboxylic acids is 1. The van der Waals surface area contributed by atoms with E-state index in [0.29, 0.717) is 18.7 Å². The van der Waals surface area contributed by atoms with Gasteiger partial charge in [-0.2, -0.15) is 0 Å². The van der Waals surface area contributed by atoms with Crippen LogP contribution in [-0.4, -0.2) is 19.1 Å². The minimum atomic E-state index is -0.295. The summed E-state index contributed by atoms with van der Waals surface area (Å²) in [6.07, 6.45) is 4.05. The topological polar surface area (TPSA) is 38.3 Å². The van der Waals surface area contributed by atoms with Gasteiger partial charge in [0.25, 0.3) is 0 Å². The number of esters is 1. The van der Waals surface area contributed by atoms with E-state index in [1.54, 1.807) is 19.1 Å². The zero-order chi connectivity index (χ0) is 15.8. The molecule has 2 rings (SSSR count). The molecule has 0 aromatic heterocycles. The Labute approximate surface area is 135 Å². The van der Waals surface area contributed by atoms with Crippen LogP contribution in [0.3, 0.4) is 0 Å². The van der Waals surface area contributed by atoms with Gasteiger partial charge in [0.1, 0.15) is 0 Å². The van der Waals surface area contributed by atoms with Gasteiger partial charge in [0.15, 0.2) is 0 Å².